The van der Waals surface area contributed by atoms with E-state index in [0.717, 1.165) is 32.1 Å². The lowest BCUT2D eigenvalue weighted by Crippen LogP contribution is -2.40. The standard InChI is InChI=1S/C16H24N2O3/c1-3-4-6-11(9-17)18-16(20)15-10(2)14-12(19)7-5-8-13(14)21-15/h11H,3-9,17H2,1-2H3,(H,18,20). The van der Waals surface area contributed by atoms with Gasteiger partial charge < -0.3 is 15.5 Å². The van der Waals surface area contributed by atoms with E-state index in [2.05, 4.69) is 12.2 Å². The van der Waals surface area contributed by atoms with Crippen LogP contribution in [0.1, 0.15) is 71.3 Å². The van der Waals surface area contributed by atoms with Crippen LogP contribution in [0.2, 0.25) is 0 Å². The summed E-state index contributed by atoms with van der Waals surface area (Å²) in [5.41, 5.74) is 6.98. The highest BCUT2D eigenvalue weighted by atomic mass is 16.4. The number of hydrogen-bond acceptors (Lipinski definition) is 4. The topological polar surface area (TPSA) is 85.3 Å². The van der Waals surface area contributed by atoms with Crippen LogP contribution >= 0.6 is 0 Å². The number of furan rings is 1. The predicted octanol–water partition coefficient (Wildman–Crippen LogP) is 2.35. The monoisotopic (exact) mass is 292 g/mol. The van der Waals surface area contributed by atoms with E-state index in [-0.39, 0.29) is 23.5 Å². The molecule has 1 aliphatic carbocycles. The largest absolute Gasteiger partial charge is 0.455 e. The highest BCUT2D eigenvalue weighted by Gasteiger charge is 2.29. The van der Waals surface area contributed by atoms with Gasteiger partial charge in [-0.1, -0.05) is 19.8 Å². The fourth-order valence-electron chi connectivity index (χ4n) is 2.82. The second kappa shape index (κ2) is 6.89. The first kappa shape index (κ1) is 15.8. The molecule has 1 heterocycles. The summed E-state index contributed by atoms with van der Waals surface area (Å²) >= 11 is 0. The molecule has 0 spiro atoms. The first-order valence-electron chi connectivity index (χ1n) is 7.74. The fraction of sp³-hybridized carbons (Fsp3) is 0.625. The Kier molecular flexibility index (Phi) is 5.17. The third kappa shape index (κ3) is 3.35. The van der Waals surface area contributed by atoms with Gasteiger partial charge in [0, 0.05) is 31.0 Å². The SMILES string of the molecule is CCCCC(CN)NC(=O)c1oc2c(c1C)C(=O)CCC2. The number of rotatable bonds is 6. The van der Waals surface area contributed by atoms with Gasteiger partial charge >= 0.3 is 0 Å². The number of aryl methyl sites for hydroxylation is 1. The highest BCUT2D eigenvalue weighted by Crippen LogP contribution is 2.29. The Morgan fingerprint density at radius 1 is 1.43 bits per heavy atom. The molecule has 1 unspecified atom stereocenters. The van der Waals surface area contributed by atoms with E-state index in [1.165, 1.54) is 0 Å². The Morgan fingerprint density at radius 3 is 2.81 bits per heavy atom. The molecule has 5 heteroatoms. The van der Waals surface area contributed by atoms with Gasteiger partial charge in [-0.15, -0.1) is 0 Å². The molecule has 1 aliphatic rings. The van der Waals surface area contributed by atoms with Crippen molar-refractivity contribution in [2.45, 2.75) is 58.4 Å². The number of nitrogens with two attached hydrogens (primary N) is 1. The molecule has 0 aromatic carbocycles. The van der Waals surface area contributed by atoms with Crippen LogP contribution < -0.4 is 11.1 Å². The number of hydrogen-bond donors (Lipinski definition) is 2. The summed E-state index contributed by atoms with van der Waals surface area (Å²) in [7, 11) is 0. The van der Waals surface area contributed by atoms with Crippen LogP contribution in [0.4, 0.5) is 0 Å². The number of Topliss-reactive ketones (excluding diaryl/α,β-unsaturated/α-hetero) is 1. The molecule has 5 nitrogen and oxygen atoms in total. The van der Waals surface area contributed by atoms with Crippen LogP contribution in [-0.2, 0) is 6.42 Å². The molecular weight excluding hydrogens is 268 g/mol. The number of carbonyl (C=O) groups excluding carboxylic acids is 2. The van der Waals surface area contributed by atoms with Gasteiger partial charge in [0.05, 0.1) is 5.56 Å². The van der Waals surface area contributed by atoms with Crippen molar-refractivity contribution in [1.82, 2.24) is 5.32 Å². The van der Waals surface area contributed by atoms with Gasteiger partial charge in [0.15, 0.2) is 11.5 Å². The maximum atomic E-state index is 12.4. The molecule has 0 fully saturated rings. The number of nitrogens with one attached hydrogen (secondary N) is 1. The van der Waals surface area contributed by atoms with Crippen LogP contribution in [0, 0.1) is 6.92 Å². The zero-order valence-corrected chi connectivity index (χ0v) is 12.8. The van der Waals surface area contributed by atoms with Crippen molar-refractivity contribution in [3.63, 3.8) is 0 Å². The first-order chi connectivity index (χ1) is 10.1. The molecule has 0 aliphatic heterocycles. The van der Waals surface area contributed by atoms with Crippen molar-refractivity contribution in [3.8, 4) is 0 Å². The van der Waals surface area contributed by atoms with E-state index in [9.17, 15) is 9.59 Å². The third-order valence-corrected chi connectivity index (χ3v) is 4.04. The van der Waals surface area contributed by atoms with Crippen molar-refractivity contribution < 1.29 is 14.0 Å². The van der Waals surface area contributed by atoms with Gasteiger partial charge in [0.2, 0.25) is 0 Å². The molecule has 3 N–H and O–H groups in total. The maximum Gasteiger partial charge on any atom is 0.287 e. The van der Waals surface area contributed by atoms with Crippen molar-refractivity contribution >= 4 is 11.7 Å². The lowest BCUT2D eigenvalue weighted by Gasteiger charge is -2.15. The van der Waals surface area contributed by atoms with E-state index >= 15 is 0 Å². The Labute approximate surface area is 125 Å². The van der Waals surface area contributed by atoms with Gasteiger partial charge in [0.1, 0.15) is 5.76 Å². The molecule has 1 amide bonds. The lowest BCUT2D eigenvalue weighted by molar-refractivity contribution is 0.0902. The molecule has 116 valence electrons. The summed E-state index contributed by atoms with van der Waals surface area (Å²) in [4.78, 5) is 24.3. The number of carbonyl (C=O) groups is 2. The summed E-state index contributed by atoms with van der Waals surface area (Å²) in [6.45, 7) is 4.29. The predicted molar refractivity (Wildman–Crippen MR) is 80.5 cm³/mol. The van der Waals surface area contributed by atoms with Gasteiger partial charge in [-0.2, -0.15) is 0 Å². The zero-order valence-electron chi connectivity index (χ0n) is 12.8. The molecule has 0 saturated carbocycles. The van der Waals surface area contributed by atoms with Crippen molar-refractivity contribution in [1.29, 1.82) is 0 Å². The number of amides is 1. The smallest absolute Gasteiger partial charge is 0.287 e. The van der Waals surface area contributed by atoms with Crippen LogP contribution in [0.5, 0.6) is 0 Å². The minimum atomic E-state index is -0.263. The molecular formula is C16H24N2O3. The van der Waals surface area contributed by atoms with Crippen molar-refractivity contribution in [3.05, 3.63) is 22.6 Å². The van der Waals surface area contributed by atoms with Crippen molar-refractivity contribution in [2.24, 2.45) is 5.73 Å². The Bertz CT molecular complexity index is 534. The third-order valence-electron chi connectivity index (χ3n) is 4.04. The van der Waals surface area contributed by atoms with E-state index in [1.54, 1.807) is 6.92 Å². The first-order valence-corrected chi connectivity index (χ1v) is 7.74. The van der Waals surface area contributed by atoms with Crippen LogP contribution in [-0.4, -0.2) is 24.3 Å². The van der Waals surface area contributed by atoms with E-state index in [0.29, 0.717) is 29.9 Å². The second-order valence-corrected chi connectivity index (χ2v) is 5.68. The van der Waals surface area contributed by atoms with Crippen LogP contribution in [0.3, 0.4) is 0 Å². The summed E-state index contributed by atoms with van der Waals surface area (Å²) in [6, 6.07) is -0.0466. The Hall–Kier alpha value is -1.62. The van der Waals surface area contributed by atoms with Crippen molar-refractivity contribution in [2.75, 3.05) is 6.54 Å². The maximum absolute atomic E-state index is 12.4. The molecule has 2 rings (SSSR count). The normalized spacial score (nSPS) is 15.7. The molecule has 0 saturated heterocycles. The van der Waals surface area contributed by atoms with Gasteiger partial charge in [-0.3, -0.25) is 9.59 Å². The number of ketones is 1. The summed E-state index contributed by atoms with van der Waals surface area (Å²) in [5.74, 6) is 0.746. The summed E-state index contributed by atoms with van der Waals surface area (Å²) in [5, 5.41) is 2.91. The number of fused-ring (bicyclic) bond motifs is 1. The van der Waals surface area contributed by atoms with E-state index < -0.39 is 0 Å². The van der Waals surface area contributed by atoms with E-state index in [1.807, 2.05) is 0 Å². The quantitative estimate of drug-likeness (QED) is 0.842. The Morgan fingerprint density at radius 2 is 2.19 bits per heavy atom. The van der Waals surface area contributed by atoms with Gasteiger partial charge in [-0.25, -0.2) is 0 Å². The Balaban J connectivity index is 2.14. The average molecular weight is 292 g/mol. The minimum absolute atomic E-state index is 0.0466. The molecule has 1 aromatic heterocycles. The lowest BCUT2D eigenvalue weighted by atomic mass is 9.94. The van der Waals surface area contributed by atoms with Gasteiger partial charge in [0.25, 0.3) is 5.91 Å². The minimum Gasteiger partial charge on any atom is -0.455 e. The molecule has 0 radical (unpaired) electrons. The number of unbranched alkanes of at least 4 members (excludes halogenated alkanes) is 1. The van der Waals surface area contributed by atoms with E-state index in [4.69, 9.17) is 10.2 Å². The van der Waals surface area contributed by atoms with Crippen LogP contribution in [0.15, 0.2) is 4.42 Å². The van der Waals surface area contributed by atoms with Gasteiger partial charge in [-0.05, 0) is 19.8 Å². The highest BCUT2D eigenvalue weighted by molar-refractivity contribution is 6.03. The molecule has 1 aromatic rings. The molecule has 21 heavy (non-hydrogen) atoms. The zero-order chi connectivity index (χ0) is 15.4. The fourth-order valence-corrected chi connectivity index (χ4v) is 2.82. The summed E-state index contributed by atoms with van der Waals surface area (Å²) in [6.07, 6.45) is 5.00. The molecule has 1 atom stereocenters. The second-order valence-electron chi connectivity index (χ2n) is 5.68. The molecule has 0 bridgehead atoms. The summed E-state index contributed by atoms with van der Waals surface area (Å²) < 4.78 is 5.65. The average Bonchev–Trinajstić information content (AvgIpc) is 2.82. The van der Waals surface area contributed by atoms with Crippen LogP contribution in [0.25, 0.3) is 0 Å².